The molecule has 0 N–H and O–H groups in total. The normalized spacial score (nSPS) is 26.1. The zero-order valence-corrected chi connectivity index (χ0v) is 17.9. The first-order valence-corrected chi connectivity index (χ1v) is 10.7. The van der Waals surface area contributed by atoms with E-state index in [4.69, 9.17) is 32.7 Å². The van der Waals surface area contributed by atoms with Crippen LogP contribution in [-0.4, -0.2) is 10.9 Å². The van der Waals surface area contributed by atoms with Crippen molar-refractivity contribution in [3.8, 4) is 11.5 Å². The van der Waals surface area contributed by atoms with Crippen molar-refractivity contribution in [1.29, 1.82) is 0 Å². The van der Waals surface area contributed by atoms with Gasteiger partial charge in [0.1, 0.15) is 11.5 Å². The average molecular weight is 425 g/mol. The number of ether oxygens (including phenoxy) is 2. The van der Waals surface area contributed by atoms with Crippen molar-refractivity contribution in [3.05, 3.63) is 95.1 Å². The SMILES string of the molecule is CCOc1ccc(C23Oc4ccccc4C(c4ccccc4C)C2C3(Cl)Cl)cc1. The van der Waals surface area contributed by atoms with E-state index in [-0.39, 0.29) is 11.8 Å². The molecule has 0 saturated heterocycles. The Morgan fingerprint density at radius 1 is 0.897 bits per heavy atom. The third kappa shape index (κ3) is 2.62. The van der Waals surface area contributed by atoms with Crippen LogP contribution in [0.2, 0.25) is 0 Å². The molecule has 0 radical (unpaired) electrons. The molecule has 2 nitrogen and oxygen atoms in total. The summed E-state index contributed by atoms with van der Waals surface area (Å²) in [6, 6.07) is 24.6. The van der Waals surface area contributed by atoms with Crippen molar-refractivity contribution in [2.24, 2.45) is 5.92 Å². The number of para-hydroxylation sites is 1. The molecule has 3 aromatic rings. The zero-order chi connectivity index (χ0) is 20.2. The van der Waals surface area contributed by atoms with Crippen LogP contribution in [0.15, 0.2) is 72.8 Å². The topological polar surface area (TPSA) is 18.5 Å². The van der Waals surface area contributed by atoms with E-state index in [1.54, 1.807) is 0 Å². The van der Waals surface area contributed by atoms with Crippen molar-refractivity contribution < 1.29 is 9.47 Å². The van der Waals surface area contributed by atoms with E-state index in [0.29, 0.717) is 6.61 Å². The Balaban J connectivity index is 1.68. The summed E-state index contributed by atoms with van der Waals surface area (Å²) in [6.45, 7) is 4.74. The molecule has 0 amide bonds. The number of hydrogen-bond donors (Lipinski definition) is 0. The van der Waals surface area contributed by atoms with Gasteiger partial charge in [-0.15, -0.1) is 0 Å². The lowest BCUT2D eigenvalue weighted by atomic mass is 9.80. The maximum atomic E-state index is 7.00. The number of alkyl halides is 2. The molecule has 1 aliphatic carbocycles. The van der Waals surface area contributed by atoms with Gasteiger partial charge in [0.2, 0.25) is 0 Å². The van der Waals surface area contributed by atoms with Crippen LogP contribution in [0.1, 0.15) is 35.1 Å². The Labute approximate surface area is 181 Å². The van der Waals surface area contributed by atoms with Crippen LogP contribution >= 0.6 is 23.2 Å². The minimum Gasteiger partial charge on any atom is -0.494 e. The van der Waals surface area contributed by atoms with Crippen molar-refractivity contribution in [1.82, 2.24) is 0 Å². The Hall–Kier alpha value is -2.16. The first-order chi connectivity index (χ1) is 14.0. The van der Waals surface area contributed by atoms with Crippen molar-refractivity contribution in [2.45, 2.75) is 29.7 Å². The van der Waals surface area contributed by atoms with Gasteiger partial charge < -0.3 is 9.47 Å². The predicted molar refractivity (Wildman–Crippen MR) is 117 cm³/mol. The van der Waals surface area contributed by atoms with Gasteiger partial charge in [0.05, 0.1) is 12.5 Å². The molecular formula is C25H22Cl2O2. The molecule has 4 heteroatoms. The highest BCUT2D eigenvalue weighted by atomic mass is 35.5. The Morgan fingerprint density at radius 2 is 1.55 bits per heavy atom. The summed E-state index contributed by atoms with van der Waals surface area (Å²) in [7, 11) is 0. The summed E-state index contributed by atoms with van der Waals surface area (Å²) < 4.78 is 11.1. The van der Waals surface area contributed by atoms with Crippen LogP contribution in [0, 0.1) is 12.8 Å². The molecule has 148 valence electrons. The van der Waals surface area contributed by atoms with Gasteiger partial charge in [0.15, 0.2) is 9.93 Å². The molecule has 1 saturated carbocycles. The molecule has 1 aliphatic heterocycles. The number of hydrogen-bond acceptors (Lipinski definition) is 2. The third-order valence-electron chi connectivity index (χ3n) is 6.22. The summed E-state index contributed by atoms with van der Waals surface area (Å²) >= 11 is 14.0. The summed E-state index contributed by atoms with van der Waals surface area (Å²) in [5.41, 5.74) is 3.79. The van der Waals surface area contributed by atoms with Crippen molar-refractivity contribution in [3.63, 3.8) is 0 Å². The lowest BCUT2D eigenvalue weighted by molar-refractivity contribution is 0.137. The quantitative estimate of drug-likeness (QED) is 0.438. The van der Waals surface area contributed by atoms with E-state index in [9.17, 15) is 0 Å². The molecule has 1 fully saturated rings. The second-order valence-electron chi connectivity index (χ2n) is 7.77. The lowest BCUT2D eigenvalue weighted by Gasteiger charge is -2.32. The summed E-state index contributed by atoms with van der Waals surface area (Å²) in [5.74, 6) is 1.63. The second-order valence-corrected chi connectivity index (χ2v) is 9.15. The zero-order valence-electron chi connectivity index (χ0n) is 16.4. The number of aryl methyl sites for hydroxylation is 1. The van der Waals surface area contributed by atoms with Crippen molar-refractivity contribution >= 4 is 23.2 Å². The van der Waals surface area contributed by atoms with E-state index in [2.05, 4.69) is 37.3 Å². The monoisotopic (exact) mass is 424 g/mol. The fourth-order valence-electron chi connectivity index (χ4n) is 4.84. The highest BCUT2D eigenvalue weighted by molar-refractivity contribution is 6.52. The van der Waals surface area contributed by atoms with Crippen LogP contribution < -0.4 is 9.47 Å². The minimum absolute atomic E-state index is 0.0581. The predicted octanol–water partition coefficient (Wildman–Crippen LogP) is 6.62. The fourth-order valence-corrected chi connectivity index (χ4v) is 5.82. The molecule has 3 unspecified atom stereocenters. The first-order valence-electron chi connectivity index (χ1n) is 9.95. The molecule has 2 aliphatic rings. The standard InChI is InChI=1S/C25H22Cl2O2/c1-3-28-18-14-12-17(13-15-18)24-23(25(24,26)27)22(19-9-5-4-8-16(19)2)20-10-6-7-11-21(20)29-24/h4-15,22-23H,3H2,1-2H3. The van der Waals surface area contributed by atoms with Gasteiger partial charge >= 0.3 is 0 Å². The Kier molecular flexibility index (Phi) is 4.34. The first kappa shape index (κ1) is 18.8. The second kappa shape index (κ2) is 6.68. The van der Waals surface area contributed by atoms with E-state index < -0.39 is 9.93 Å². The van der Waals surface area contributed by atoms with Crippen LogP contribution in [0.25, 0.3) is 0 Å². The molecule has 0 aromatic heterocycles. The fraction of sp³-hybridized carbons (Fsp3) is 0.280. The van der Waals surface area contributed by atoms with Crippen LogP contribution in [0.3, 0.4) is 0 Å². The van der Waals surface area contributed by atoms with Gasteiger partial charge in [-0.05, 0) is 48.7 Å². The van der Waals surface area contributed by atoms with E-state index in [0.717, 1.165) is 22.6 Å². The van der Waals surface area contributed by atoms with Gasteiger partial charge in [0, 0.05) is 11.5 Å². The average Bonchev–Trinajstić information content (AvgIpc) is 3.23. The summed E-state index contributed by atoms with van der Waals surface area (Å²) in [4.78, 5) is 0. The third-order valence-corrected chi connectivity index (χ3v) is 7.25. The van der Waals surface area contributed by atoms with Crippen LogP contribution in [-0.2, 0) is 5.60 Å². The molecule has 0 spiro atoms. The van der Waals surface area contributed by atoms with Crippen molar-refractivity contribution in [2.75, 3.05) is 6.61 Å². The molecule has 1 heterocycles. The molecule has 3 aromatic carbocycles. The van der Waals surface area contributed by atoms with E-state index in [1.807, 2.05) is 49.4 Å². The highest BCUT2D eigenvalue weighted by Crippen LogP contribution is 2.77. The molecular weight excluding hydrogens is 403 g/mol. The van der Waals surface area contributed by atoms with Gasteiger partial charge in [-0.3, -0.25) is 0 Å². The highest BCUT2D eigenvalue weighted by Gasteiger charge is 2.83. The Bertz CT molecular complexity index is 1060. The van der Waals surface area contributed by atoms with Crippen LogP contribution in [0.5, 0.6) is 11.5 Å². The van der Waals surface area contributed by atoms with Gasteiger partial charge in [-0.25, -0.2) is 0 Å². The van der Waals surface area contributed by atoms with E-state index >= 15 is 0 Å². The molecule has 3 atom stereocenters. The Morgan fingerprint density at radius 3 is 2.24 bits per heavy atom. The van der Waals surface area contributed by atoms with Crippen LogP contribution in [0.4, 0.5) is 0 Å². The minimum atomic E-state index is -1.04. The van der Waals surface area contributed by atoms with E-state index in [1.165, 1.54) is 11.1 Å². The maximum Gasteiger partial charge on any atom is 0.174 e. The lowest BCUT2D eigenvalue weighted by Crippen LogP contribution is -2.29. The molecule has 29 heavy (non-hydrogen) atoms. The van der Waals surface area contributed by atoms with Gasteiger partial charge in [-0.2, -0.15) is 0 Å². The smallest absolute Gasteiger partial charge is 0.174 e. The molecule has 5 rings (SSSR count). The number of rotatable bonds is 4. The van der Waals surface area contributed by atoms with Gasteiger partial charge in [-0.1, -0.05) is 77.8 Å². The van der Waals surface area contributed by atoms with Gasteiger partial charge in [0.25, 0.3) is 0 Å². The summed E-state index contributed by atoms with van der Waals surface area (Å²) in [6.07, 6.45) is 0. The number of halogens is 2. The maximum absolute atomic E-state index is 7.00. The number of fused-ring (bicyclic) bond motifs is 2. The summed E-state index contributed by atoms with van der Waals surface area (Å²) in [5, 5.41) is 0. The largest absolute Gasteiger partial charge is 0.494 e. The number of benzene rings is 3. The molecule has 0 bridgehead atoms.